The minimum atomic E-state index is -0.563. The second-order valence-corrected chi connectivity index (χ2v) is 4.49. The summed E-state index contributed by atoms with van der Waals surface area (Å²) in [4.78, 5) is 15.9. The van der Waals surface area contributed by atoms with Gasteiger partial charge in [-0.2, -0.15) is 0 Å². The third kappa shape index (κ3) is 3.47. The summed E-state index contributed by atoms with van der Waals surface area (Å²) in [5, 5.41) is 2.79. The second-order valence-electron chi connectivity index (χ2n) is 4.49. The molecular formula is C15H16FN3O2. The average Bonchev–Trinajstić information content (AvgIpc) is 2.43. The lowest BCUT2D eigenvalue weighted by Gasteiger charge is -2.12. The molecule has 0 aliphatic rings. The number of pyridine rings is 1. The summed E-state index contributed by atoms with van der Waals surface area (Å²) < 4.78 is 18.8. The van der Waals surface area contributed by atoms with E-state index in [1.54, 1.807) is 26.0 Å². The van der Waals surface area contributed by atoms with Gasteiger partial charge in [0.2, 0.25) is 0 Å². The Morgan fingerprint density at radius 2 is 2.19 bits per heavy atom. The Bertz CT molecular complexity index is 674. The Kier molecular flexibility index (Phi) is 4.37. The van der Waals surface area contributed by atoms with E-state index in [1.807, 2.05) is 0 Å². The highest BCUT2D eigenvalue weighted by Crippen LogP contribution is 2.24. The molecule has 21 heavy (non-hydrogen) atoms. The Morgan fingerprint density at radius 1 is 1.43 bits per heavy atom. The number of ether oxygens (including phenoxy) is 1. The Morgan fingerprint density at radius 3 is 2.86 bits per heavy atom. The summed E-state index contributed by atoms with van der Waals surface area (Å²) in [6, 6.07) is 6.17. The molecule has 0 atom stereocenters. The molecule has 2 rings (SSSR count). The van der Waals surface area contributed by atoms with Crippen molar-refractivity contribution >= 4 is 23.2 Å². The van der Waals surface area contributed by atoms with Gasteiger partial charge in [-0.15, -0.1) is 0 Å². The predicted octanol–water partition coefficient (Wildman–Crippen LogP) is 3.03. The standard InChI is InChI=1S/C15H16FN3O2/c1-3-21-15(20)11-7-10(17)8-18-14(11)19-13-5-4-9(2)6-12(13)16/h4-8H,3,17H2,1-2H3,(H,18,19). The molecule has 0 aliphatic carbocycles. The number of carbonyl (C=O) groups excluding carboxylic acids is 1. The van der Waals surface area contributed by atoms with Gasteiger partial charge in [-0.25, -0.2) is 14.2 Å². The van der Waals surface area contributed by atoms with E-state index in [-0.39, 0.29) is 23.7 Å². The SMILES string of the molecule is CCOC(=O)c1cc(N)cnc1Nc1ccc(C)cc1F. The minimum absolute atomic E-state index is 0.164. The molecule has 0 unspecified atom stereocenters. The first kappa shape index (κ1) is 14.8. The van der Waals surface area contributed by atoms with Gasteiger partial charge in [0.1, 0.15) is 17.2 Å². The normalized spacial score (nSPS) is 10.2. The number of carbonyl (C=O) groups is 1. The highest BCUT2D eigenvalue weighted by Gasteiger charge is 2.16. The van der Waals surface area contributed by atoms with Crippen LogP contribution in [0.4, 0.5) is 21.6 Å². The van der Waals surface area contributed by atoms with Crippen LogP contribution in [0.5, 0.6) is 0 Å². The van der Waals surface area contributed by atoms with Crippen molar-refractivity contribution in [3.63, 3.8) is 0 Å². The first-order chi connectivity index (χ1) is 10.0. The zero-order valence-corrected chi connectivity index (χ0v) is 11.8. The number of nitrogen functional groups attached to an aromatic ring is 1. The van der Waals surface area contributed by atoms with Gasteiger partial charge in [0.15, 0.2) is 0 Å². The summed E-state index contributed by atoms with van der Waals surface area (Å²) in [7, 11) is 0. The van der Waals surface area contributed by atoms with Gasteiger partial charge in [-0.3, -0.25) is 0 Å². The van der Waals surface area contributed by atoms with E-state index in [2.05, 4.69) is 10.3 Å². The number of rotatable bonds is 4. The highest BCUT2D eigenvalue weighted by molar-refractivity contribution is 5.96. The van der Waals surface area contributed by atoms with Gasteiger partial charge in [-0.05, 0) is 37.6 Å². The van der Waals surface area contributed by atoms with Gasteiger partial charge in [0, 0.05) is 0 Å². The maximum absolute atomic E-state index is 13.9. The summed E-state index contributed by atoms with van der Waals surface area (Å²) in [5.41, 5.74) is 7.15. The molecule has 1 aromatic heterocycles. The highest BCUT2D eigenvalue weighted by atomic mass is 19.1. The number of aryl methyl sites for hydroxylation is 1. The van der Waals surface area contributed by atoms with E-state index < -0.39 is 11.8 Å². The Labute approximate surface area is 121 Å². The van der Waals surface area contributed by atoms with Crippen molar-refractivity contribution in [2.75, 3.05) is 17.7 Å². The van der Waals surface area contributed by atoms with E-state index in [0.717, 1.165) is 5.56 Å². The lowest BCUT2D eigenvalue weighted by Crippen LogP contribution is -2.10. The smallest absolute Gasteiger partial charge is 0.341 e. The number of halogens is 1. The van der Waals surface area contributed by atoms with Crippen LogP contribution in [0.15, 0.2) is 30.5 Å². The lowest BCUT2D eigenvalue weighted by atomic mass is 10.2. The third-order valence-electron chi connectivity index (χ3n) is 2.78. The molecule has 110 valence electrons. The summed E-state index contributed by atoms with van der Waals surface area (Å²) in [6.45, 7) is 3.72. The van der Waals surface area contributed by atoms with E-state index in [1.165, 1.54) is 18.3 Å². The van der Waals surface area contributed by atoms with Crippen molar-refractivity contribution in [1.29, 1.82) is 0 Å². The zero-order chi connectivity index (χ0) is 15.4. The number of anilines is 3. The maximum Gasteiger partial charge on any atom is 0.341 e. The fourth-order valence-corrected chi connectivity index (χ4v) is 1.79. The number of nitrogens with zero attached hydrogens (tertiary/aromatic N) is 1. The molecule has 1 heterocycles. The topological polar surface area (TPSA) is 77.2 Å². The number of nitrogens with one attached hydrogen (secondary N) is 1. The van der Waals surface area contributed by atoms with E-state index in [0.29, 0.717) is 5.69 Å². The second kappa shape index (κ2) is 6.21. The van der Waals surface area contributed by atoms with Crippen LogP contribution in [0.25, 0.3) is 0 Å². The zero-order valence-electron chi connectivity index (χ0n) is 11.8. The van der Waals surface area contributed by atoms with Gasteiger partial charge in [0.05, 0.1) is 24.2 Å². The molecule has 0 radical (unpaired) electrons. The number of nitrogens with two attached hydrogens (primary N) is 1. The van der Waals surface area contributed by atoms with Crippen molar-refractivity contribution in [3.05, 3.63) is 47.4 Å². The van der Waals surface area contributed by atoms with E-state index in [4.69, 9.17) is 10.5 Å². The van der Waals surface area contributed by atoms with Gasteiger partial charge >= 0.3 is 5.97 Å². The van der Waals surface area contributed by atoms with Crippen LogP contribution >= 0.6 is 0 Å². The minimum Gasteiger partial charge on any atom is -0.462 e. The molecular weight excluding hydrogens is 273 g/mol. The summed E-state index contributed by atoms with van der Waals surface area (Å²) in [5.74, 6) is -0.791. The first-order valence-corrected chi connectivity index (χ1v) is 6.47. The van der Waals surface area contributed by atoms with Crippen LogP contribution in [-0.2, 0) is 4.74 Å². The molecule has 0 amide bonds. The molecule has 0 aliphatic heterocycles. The van der Waals surface area contributed by atoms with E-state index >= 15 is 0 Å². The van der Waals surface area contributed by atoms with E-state index in [9.17, 15) is 9.18 Å². The van der Waals surface area contributed by atoms with Crippen molar-refractivity contribution in [2.45, 2.75) is 13.8 Å². The van der Waals surface area contributed by atoms with Crippen molar-refractivity contribution in [2.24, 2.45) is 0 Å². The average molecular weight is 289 g/mol. The molecule has 6 heteroatoms. The van der Waals surface area contributed by atoms with Crippen molar-refractivity contribution in [1.82, 2.24) is 4.98 Å². The van der Waals surface area contributed by atoms with Gasteiger partial charge in [0.25, 0.3) is 0 Å². The molecule has 0 spiro atoms. The number of hydrogen-bond donors (Lipinski definition) is 2. The van der Waals surface area contributed by atoms with Crippen LogP contribution in [0.2, 0.25) is 0 Å². The molecule has 5 nitrogen and oxygen atoms in total. The van der Waals surface area contributed by atoms with Crippen LogP contribution in [0.3, 0.4) is 0 Å². The van der Waals surface area contributed by atoms with Crippen LogP contribution in [0.1, 0.15) is 22.8 Å². The Balaban J connectivity index is 2.37. The molecule has 0 saturated carbocycles. The summed E-state index contributed by atoms with van der Waals surface area (Å²) >= 11 is 0. The monoisotopic (exact) mass is 289 g/mol. The van der Waals surface area contributed by atoms with Crippen molar-refractivity contribution < 1.29 is 13.9 Å². The molecule has 0 fully saturated rings. The van der Waals surface area contributed by atoms with Gasteiger partial charge in [-0.1, -0.05) is 6.07 Å². The fourth-order valence-electron chi connectivity index (χ4n) is 1.79. The molecule has 0 bridgehead atoms. The first-order valence-electron chi connectivity index (χ1n) is 6.47. The fraction of sp³-hybridized carbons (Fsp3) is 0.200. The van der Waals surface area contributed by atoms with Crippen LogP contribution in [-0.4, -0.2) is 17.6 Å². The number of aromatic nitrogens is 1. The predicted molar refractivity (Wildman–Crippen MR) is 79.0 cm³/mol. The van der Waals surface area contributed by atoms with Gasteiger partial charge < -0.3 is 15.8 Å². The molecule has 1 aromatic carbocycles. The summed E-state index contributed by atoms with van der Waals surface area (Å²) in [6.07, 6.45) is 1.39. The van der Waals surface area contributed by atoms with Crippen LogP contribution < -0.4 is 11.1 Å². The lowest BCUT2D eigenvalue weighted by molar-refractivity contribution is 0.0527. The third-order valence-corrected chi connectivity index (χ3v) is 2.78. The molecule has 2 aromatic rings. The number of hydrogen-bond acceptors (Lipinski definition) is 5. The number of esters is 1. The molecule has 3 N–H and O–H groups in total. The largest absolute Gasteiger partial charge is 0.462 e. The van der Waals surface area contributed by atoms with Crippen LogP contribution in [0, 0.1) is 12.7 Å². The maximum atomic E-state index is 13.9. The Hall–Kier alpha value is -2.63. The van der Waals surface area contributed by atoms with Crippen molar-refractivity contribution in [3.8, 4) is 0 Å². The quantitative estimate of drug-likeness (QED) is 0.846. The molecule has 0 saturated heterocycles. The number of benzene rings is 1.